The normalized spacial score (nSPS) is 14.8. The van der Waals surface area contributed by atoms with Crippen molar-refractivity contribution in [1.29, 1.82) is 0 Å². The lowest BCUT2D eigenvalue weighted by Crippen LogP contribution is -2.40. The van der Waals surface area contributed by atoms with E-state index in [9.17, 15) is 19.5 Å². The minimum atomic E-state index is -1.32. The number of aromatic nitrogens is 1. The van der Waals surface area contributed by atoms with Crippen LogP contribution in [0.25, 0.3) is 0 Å². The number of nitrogens with one attached hydrogen (secondary N) is 1. The molecular weight excluding hydrogens is 292 g/mol. The zero-order valence-corrected chi connectivity index (χ0v) is 12.9. The fourth-order valence-electron chi connectivity index (χ4n) is 1.81. The number of carboxylic acids is 1. The monoisotopic (exact) mass is 310 g/mol. The third-order valence-corrected chi connectivity index (χ3v) is 4.09. The van der Waals surface area contributed by atoms with Gasteiger partial charge >= 0.3 is 5.97 Å². The van der Waals surface area contributed by atoms with Crippen LogP contribution in [0, 0.1) is 0 Å². The van der Waals surface area contributed by atoms with Crippen molar-refractivity contribution in [2.75, 3.05) is 0 Å². The second-order valence-corrected chi connectivity index (χ2v) is 6.68. The van der Waals surface area contributed by atoms with Gasteiger partial charge in [-0.1, -0.05) is 0 Å². The Morgan fingerprint density at radius 1 is 1.48 bits per heavy atom. The van der Waals surface area contributed by atoms with Gasteiger partial charge in [-0.15, -0.1) is 11.8 Å². The zero-order valence-electron chi connectivity index (χ0n) is 12.1. The number of nitrogens with zero attached hydrogens (tertiary/aromatic N) is 1. The average Bonchev–Trinajstić information content (AvgIpc) is 2.38. The van der Waals surface area contributed by atoms with Crippen LogP contribution in [0.4, 0.5) is 0 Å². The molecule has 21 heavy (non-hydrogen) atoms. The molecule has 1 aromatic heterocycles. The van der Waals surface area contributed by atoms with E-state index in [-0.39, 0.29) is 18.1 Å². The smallest absolute Gasteiger partial charge is 0.320 e. The molecule has 6 nitrogen and oxygen atoms in total. The maximum Gasteiger partial charge on any atom is 0.320 e. The lowest BCUT2D eigenvalue weighted by molar-refractivity contribution is -0.139. The molecule has 1 rings (SSSR count). The van der Waals surface area contributed by atoms with Gasteiger partial charge in [0.25, 0.3) is 0 Å². The number of carboxylic acid groups (broad SMARTS) is 1. The fraction of sp³-hybridized carbons (Fsp3) is 0.429. The summed E-state index contributed by atoms with van der Waals surface area (Å²) in [6.07, 6.45) is 2.77. The van der Waals surface area contributed by atoms with Gasteiger partial charge in [-0.2, -0.15) is 0 Å². The van der Waals surface area contributed by atoms with Gasteiger partial charge < -0.3 is 10.4 Å². The molecular formula is C14H18N2O4S. The summed E-state index contributed by atoms with van der Waals surface area (Å²) in [5.41, 5.74) is 0.373. The highest BCUT2D eigenvalue weighted by molar-refractivity contribution is 8.01. The molecule has 1 aromatic rings. The average molecular weight is 310 g/mol. The summed E-state index contributed by atoms with van der Waals surface area (Å²) in [7, 11) is 0. The van der Waals surface area contributed by atoms with E-state index >= 15 is 0 Å². The van der Waals surface area contributed by atoms with Gasteiger partial charge in [-0.3, -0.25) is 19.4 Å². The summed E-state index contributed by atoms with van der Waals surface area (Å²) in [6, 6.07) is 3.22. The Balaban J connectivity index is 2.83. The molecule has 7 heteroatoms. The Hall–Kier alpha value is -1.89. The number of ketones is 1. The first kappa shape index (κ1) is 17.2. The molecule has 114 valence electrons. The van der Waals surface area contributed by atoms with E-state index in [1.807, 2.05) is 0 Å². The first-order valence-corrected chi connectivity index (χ1v) is 7.24. The molecule has 0 saturated carbocycles. The lowest BCUT2D eigenvalue weighted by Gasteiger charge is -2.27. The first-order valence-electron chi connectivity index (χ1n) is 6.36. The van der Waals surface area contributed by atoms with Gasteiger partial charge in [0.05, 0.1) is 5.37 Å². The lowest BCUT2D eigenvalue weighted by atomic mass is 10.00. The van der Waals surface area contributed by atoms with Gasteiger partial charge in [0, 0.05) is 31.3 Å². The number of Topliss-reactive ketones (excluding diaryl/α,β-unsaturated/α-hetero) is 1. The maximum absolute atomic E-state index is 12.2. The molecule has 0 aliphatic heterocycles. The van der Waals surface area contributed by atoms with Gasteiger partial charge in [-0.05, 0) is 26.0 Å². The summed E-state index contributed by atoms with van der Waals surface area (Å²) in [5, 5.41) is 11.6. The number of carbonyl (C=O) groups is 3. The maximum atomic E-state index is 12.2. The SMILES string of the molecule is CC(=O)NC(C)SC(C)(CC(=O)c1cccnc1)C(=O)O. The number of pyridine rings is 1. The van der Waals surface area contributed by atoms with E-state index in [4.69, 9.17) is 0 Å². The van der Waals surface area contributed by atoms with Crippen molar-refractivity contribution >= 4 is 29.4 Å². The molecule has 2 N–H and O–H groups in total. The standard InChI is InChI=1S/C14H18N2O4S/c1-9(17)16-10(2)21-14(3,13(19)20)7-12(18)11-5-4-6-15-8-11/h4-6,8,10H,7H2,1-3H3,(H,16,17)(H,19,20). The van der Waals surface area contributed by atoms with E-state index in [1.54, 1.807) is 25.3 Å². The van der Waals surface area contributed by atoms with Crippen LogP contribution in [0.15, 0.2) is 24.5 Å². The number of hydrogen-bond acceptors (Lipinski definition) is 5. The molecule has 2 unspecified atom stereocenters. The Labute approximate surface area is 127 Å². The van der Waals surface area contributed by atoms with Gasteiger partial charge in [-0.25, -0.2) is 0 Å². The van der Waals surface area contributed by atoms with Crippen LogP contribution in [0.1, 0.15) is 37.6 Å². The van der Waals surface area contributed by atoms with Crippen LogP contribution in [-0.2, 0) is 9.59 Å². The van der Waals surface area contributed by atoms with Crippen molar-refractivity contribution in [3.63, 3.8) is 0 Å². The van der Waals surface area contributed by atoms with Crippen molar-refractivity contribution < 1.29 is 19.5 Å². The van der Waals surface area contributed by atoms with Crippen LogP contribution in [0.5, 0.6) is 0 Å². The quantitative estimate of drug-likeness (QED) is 0.588. The van der Waals surface area contributed by atoms with Crippen molar-refractivity contribution in [3.05, 3.63) is 30.1 Å². The van der Waals surface area contributed by atoms with Crippen LogP contribution < -0.4 is 5.32 Å². The topological polar surface area (TPSA) is 96.4 Å². The molecule has 0 bridgehead atoms. The molecule has 0 spiro atoms. The number of carbonyl (C=O) groups excluding carboxylic acids is 2. The molecule has 0 saturated heterocycles. The summed E-state index contributed by atoms with van der Waals surface area (Å²) in [4.78, 5) is 38.5. The highest BCUT2D eigenvalue weighted by Crippen LogP contribution is 2.33. The van der Waals surface area contributed by atoms with E-state index in [0.717, 1.165) is 11.8 Å². The number of thioether (sulfide) groups is 1. The number of aliphatic carboxylic acids is 1. The Morgan fingerprint density at radius 2 is 2.14 bits per heavy atom. The van der Waals surface area contributed by atoms with E-state index < -0.39 is 16.1 Å². The van der Waals surface area contributed by atoms with Crippen LogP contribution in [0.3, 0.4) is 0 Å². The molecule has 0 aliphatic rings. The molecule has 0 fully saturated rings. The second-order valence-electron chi connectivity index (χ2n) is 4.84. The molecule has 0 aliphatic carbocycles. The number of amides is 1. The first-order chi connectivity index (χ1) is 9.74. The van der Waals surface area contributed by atoms with Crippen molar-refractivity contribution in [2.24, 2.45) is 0 Å². The Kier molecular flexibility index (Phi) is 5.90. The van der Waals surface area contributed by atoms with Gasteiger partial charge in [0.1, 0.15) is 4.75 Å². The Bertz CT molecular complexity index is 535. The number of rotatable bonds is 7. The second kappa shape index (κ2) is 7.21. The summed E-state index contributed by atoms with van der Waals surface area (Å²) < 4.78 is -1.32. The minimum absolute atomic E-state index is 0.178. The highest BCUT2D eigenvalue weighted by Gasteiger charge is 2.38. The third kappa shape index (κ3) is 5.18. The minimum Gasteiger partial charge on any atom is -0.480 e. The van der Waals surface area contributed by atoms with Crippen LogP contribution >= 0.6 is 11.8 Å². The predicted molar refractivity (Wildman–Crippen MR) is 80.1 cm³/mol. The third-order valence-electron chi connectivity index (χ3n) is 2.78. The summed E-state index contributed by atoms with van der Waals surface area (Å²) in [5.74, 6) is -1.64. The van der Waals surface area contributed by atoms with Crippen molar-refractivity contribution in [2.45, 2.75) is 37.3 Å². The van der Waals surface area contributed by atoms with Gasteiger partial charge in [0.2, 0.25) is 5.91 Å². The van der Waals surface area contributed by atoms with Crippen LogP contribution in [0.2, 0.25) is 0 Å². The molecule has 1 heterocycles. The van der Waals surface area contributed by atoms with Crippen molar-refractivity contribution in [3.8, 4) is 0 Å². The largest absolute Gasteiger partial charge is 0.480 e. The van der Waals surface area contributed by atoms with E-state index in [1.165, 1.54) is 20.0 Å². The van der Waals surface area contributed by atoms with Crippen LogP contribution in [-0.4, -0.2) is 37.9 Å². The molecule has 2 atom stereocenters. The van der Waals surface area contributed by atoms with Gasteiger partial charge in [0.15, 0.2) is 5.78 Å². The molecule has 1 amide bonds. The van der Waals surface area contributed by atoms with Crippen molar-refractivity contribution in [1.82, 2.24) is 10.3 Å². The zero-order chi connectivity index (χ0) is 16.0. The Morgan fingerprint density at radius 3 is 2.62 bits per heavy atom. The molecule has 0 aromatic carbocycles. The predicted octanol–water partition coefficient (Wildman–Crippen LogP) is 1.71. The summed E-state index contributed by atoms with van der Waals surface area (Å²) >= 11 is 1.03. The molecule has 0 radical (unpaired) electrons. The highest BCUT2D eigenvalue weighted by atomic mass is 32.2. The summed E-state index contributed by atoms with van der Waals surface area (Å²) in [6.45, 7) is 4.52. The van der Waals surface area contributed by atoms with E-state index in [0.29, 0.717) is 5.56 Å². The van der Waals surface area contributed by atoms with E-state index in [2.05, 4.69) is 10.3 Å². The fourth-order valence-corrected chi connectivity index (χ4v) is 3.13. The number of hydrogen-bond donors (Lipinski definition) is 2.